The molecular weight excluding hydrogens is 128 g/mol. The van der Waals surface area contributed by atoms with E-state index < -0.39 is 0 Å². The quantitative estimate of drug-likeness (QED) is 0.576. The molecular formula is C8H16O2. The highest BCUT2D eigenvalue weighted by molar-refractivity contribution is 4.83. The molecule has 1 atom stereocenters. The SMILES string of the molecule is CC(C)C(O)CC=CCO. The van der Waals surface area contributed by atoms with Crippen molar-refractivity contribution in [3.63, 3.8) is 0 Å². The van der Waals surface area contributed by atoms with E-state index >= 15 is 0 Å². The summed E-state index contributed by atoms with van der Waals surface area (Å²) in [5.41, 5.74) is 0. The van der Waals surface area contributed by atoms with Crippen molar-refractivity contribution in [2.24, 2.45) is 5.92 Å². The van der Waals surface area contributed by atoms with Crippen molar-refractivity contribution >= 4 is 0 Å². The molecule has 2 N–H and O–H groups in total. The van der Waals surface area contributed by atoms with Crippen molar-refractivity contribution < 1.29 is 10.2 Å². The van der Waals surface area contributed by atoms with Crippen LogP contribution in [-0.4, -0.2) is 22.9 Å². The molecule has 0 heterocycles. The van der Waals surface area contributed by atoms with Gasteiger partial charge in [-0.2, -0.15) is 0 Å². The first-order valence-corrected chi connectivity index (χ1v) is 3.62. The molecule has 2 heteroatoms. The first kappa shape index (κ1) is 9.66. The van der Waals surface area contributed by atoms with E-state index in [0.29, 0.717) is 12.3 Å². The number of aliphatic hydroxyl groups excluding tert-OH is 2. The van der Waals surface area contributed by atoms with Gasteiger partial charge in [0, 0.05) is 0 Å². The molecule has 0 aliphatic carbocycles. The van der Waals surface area contributed by atoms with Crippen LogP contribution in [0.4, 0.5) is 0 Å². The highest BCUT2D eigenvalue weighted by atomic mass is 16.3. The maximum atomic E-state index is 9.22. The van der Waals surface area contributed by atoms with Crippen molar-refractivity contribution in [3.05, 3.63) is 12.2 Å². The lowest BCUT2D eigenvalue weighted by Gasteiger charge is -2.10. The van der Waals surface area contributed by atoms with Gasteiger partial charge in [0.05, 0.1) is 12.7 Å². The Morgan fingerprint density at radius 1 is 1.30 bits per heavy atom. The molecule has 0 fully saturated rings. The molecule has 1 unspecified atom stereocenters. The van der Waals surface area contributed by atoms with Gasteiger partial charge in [-0.25, -0.2) is 0 Å². The first-order valence-electron chi connectivity index (χ1n) is 3.62. The second-order valence-electron chi connectivity index (χ2n) is 2.70. The van der Waals surface area contributed by atoms with E-state index in [1.54, 1.807) is 12.2 Å². The zero-order chi connectivity index (χ0) is 7.98. The standard InChI is InChI=1S/C8H16O2/c1-7(2)8(10)5-3-4-6-9/h3-4,7-10H,5-6H2,1-2H3. The van der Waals surface area contributed by atoms with Crippen LogP contribution in [0.2, 0.25) is 0 Å². The minimum Gasteiger partial charge on any atom is -0.393 e. The Balaban J connectivity index is 3.38. The Kier molecular flexibility index (Phi) is 5.26. The molecule has 10 heavy (non-hydrogen) atoms. The summed E-state index contributed by atoms with van der Waals surface area (Å²) < 4.78 is 0. The molecule has 0 bridgehead atoms. The lowest BCUT2D eigenvalue weighted by Crippen LogP contribution is -2.12. The molecule has 0 rings (SSSR count). The molecule has 0 saturated heterocycles. The van der Waals surface area contributed by atoms with Crippen LogP contribution in [0.1, 0.15) is 20.3 Å². The first-order chi connectivity index (χ1) is 4.68. The molecule has 0 aliphatic rings. The van der Waals surface area contributed by atoms with Crippen molar-refractivity contribution in [1.82, 2.24) is 0 Å². The van der Waals surface area contributed by atoms with E-state index in [9.17, 15) is 5.11 Å². The number of rotatable bonds is 4. The fourth-order valence-electron chi connectivity index (χ4n) is 0.582. The largest absolute Gasteiger partial charge is 0.393 e. The maximum absolute atomic E-state index is 9.22. The van der Waals surface area contributed by atoms with Crippen LogP contribution < -0.4 is 0 Å². The Bertz CT molecular complexity index is 97.4. The fraction of sp³-hybridized carbons (Fsp3) is 0.750. The van der Waals surface area contributed by atoms with Crippen LogP contribution in [0.25, 0.3) is 0 Å². The van der Waals surface area contributed by atoms with Crippen LogP contribution in [0, 0.1) is 5.92 Å². The average molecular weight is 144 g/mol. The van der Waals surface area contributed by atoms with Crippen LogP contribution in [0.15, 0.2) is 12.2 Å². The molecule has 0 spiro atoms. The molecule has 0 aromatic carbocycles. The summed E-state index contributed by atoms with van der Waals surface area (Å²) in [5, 5.41) is 17.6. The second-order valence-corrected chi connectivity index (χ2v) is 2.70. The summed E-state index contributed by atoms with van der Waals surface area (Å²) in [6, 6.07) is 0. The predicted octanol–water partition coefficient (Wildman–Crippen LogP) is 0.942. The molecule has 60 valence electrons. The Morgan fingerprint density at radius 3 is 2.30 bits per heavy atom. The normalized spacial score (nSPS) is 14.9. The molecule has 0 aromatic heterocycles. The van der Waals surface area contributed by atoms with E-state index in [1.807, 2.05) is 13.8 Å². The van der Waals surface area contributed by atoms with Gasteiger partial charge in [0.2, 0.25) is 0 Å². The van der Waals surface area contributed by atoms with Gasteiger partial charge >= 0.3 is 0 Å². The van der Waals surface area contributed by atoms with Crippen LogP contribution >= 0.6 is 0 Å². The zero-order valence-electron chi connectivity index (χ0n) is 6.62. The van der Waals surface area contributed by atoms with Crippen LogP contribution in [0.3, 0.4) is 0 Å². The summed E-state index contributed by atoms with van der Waals surface area (Å²) >= 11 is 0. The van der Waals surface area contributed by atoms with E-state index in [2.05, 4.69) is 0 Å². The minimum atomic E-state index is -0.275. The monoisotopic (exact) mass is 144 g/mol. The average Bonchev–Trinajstić information content (AvgIpc) is 1.88. The fourth-order valence-corrected chi connectivity index (χ4v) is 0.582. The minimum absolute atomic E-state index is 0.0603. The molecule has 0 amide bonds. The van der Waals surface area contributed by atoms with Crippen molar-refractivity contribution in [3.8, 4) is 0 Å². The molecule has 2 nitrogen and oxygen atoms in total. The van der Waals surface area contributed by atoms with Gasteiger partial charge < -0.3 is 10.2 Å². The highest BCUT2D eigenvalue weighted by Crippen LogP contribution is 2.05. The molecule has 0 saturated carbocycles. The van der Waals surface area contributed by atoms with Gasteiger partial charge in [0.15, 0.2) is 0 Å². The van der Waals surface area contributed by atoms with E-state index in [0.717, 1.165) is 0 Å². The third kappa shape index (κ3) is 4.53. The number of hydrogen-bond donors (Lipinski definition) is 2. The smallest absolute Gasteiger partial charge is 0.0612 e. The Hall–Kier alpha value is -0.340. The summed E-state index contributed by atoms with van der Waals surface area (Å²) in [7, 11) is 0. The molecule has 0 aliphatic heterocycles. The summed E-state index contributed by atoms with van der Waals surface area (Å²) in [6.07, 6.45) is 3.80. The second kappa shape index (κ2) is 5.45. The third-order valence-corrected chi connectivity index (χ3v) is 1.42. The van der Waals surface area contributed by atoms with Crippen LogP contribution in [-0.2, 0) is 0 Å². The van der Waals surface area contributed by atoms with E-state index in [1.165, 1.54) is 0 Å². The van der Waals surface area contributed by atoms with Crippen molar-refractivity contribution in [1.29, 1.82) is 0 Å². The van der Waals surface area contributed by atoms with E-state index in [-0.39, 0.29) is 12.7 Å². The maximum Gasteiger partial charge on any atom is 0.0612 e. The topological polar surface area (TPSA) is 40.5 Å². The summed E-state index contributed by atoms with van der Waals surface area (Å²) in [4.78, 5) is 0. The van der Waals surface area contributed by atoms with Gasteiger partial charge in [-0.3, -0.25) is 0 Å². The van der Waals surface area contributed by atoms with Gasteiger partial charge in [-0.05, 0) is 12.3 Å². The summed E-state index contributed by atoms with van der Waals surface area (Å²) in [6.45, 7) is 4.00. The lowest BCUT2D eigenvalue weighted by molar-refractivity contribution is 0.128. The molecule has 0 aromatic rings. The lowest BCUT2D eigenvalue weighted by atomic mass is 10.0. The number of hydrogen-bond acceptors (Lipinski definition) is 2. The van der Waals surface area contributed by atoms with Gasteiger partial charge in [0.1, 0.15) is 0 Å². The number of aliphatic hydroxyl groups is 2. The zero-order valence-corrected chi connectivity index (χ0v) is 6.62. The van der Waals surface area contributed by atoms with Crippen LogP contribution in [0.5, 0.6) is 0 Å². The Morgan fingerprint density at radius 2 is 1.90 bits per heavy atom. The van der Waals surface area contributed by atoms with Crippen molar-refractivity contribution in [2.75, 3.05) is 6.61 Å². The third-order valence-electron chi connectivity index (χ3n) is 1.42. The van der Waals surface area contributed by atoms with Crippen molar-refractivity contribution in [2.45, 2.75) is 26.4 Å². The summed E-state index contributed by atoms with van der Waals surface area (Å²) in [5.74, 6) is 0.295. The van der Waals surface area contributed by atoms with Gasteiger partial charge in [-0.1, -0.05) is 26.0 Å². The highest BCUT2D eigenvalue weighted by Gasteiger charge is 2.05. The van der Waals surface area contributed by atoms with E-state index in [4.69, 9.17) is 5.11 Å². The van der Waals surface area contributed by atoms with Gasteiger partial charge in [0.25, 0.3) is 0 Å². The Labute approximate surface area is 62.2 Å². The van der Waals surface area contributed by atoms with Gasteiger partial charge in [-0.15, -0.1) is 0 Å². The predicted molar refractivity (Wildman–Crippen MR) is 41.7 cm³/mol. The molecule has 0 radical (unpaired) electrons.